The zero-order chi connectivity index (χ0) is 10.8. The van der Waals surface area contributed by atoms with E-state index in [1.54, 1.807) is 30.3 Å². The molecule has 1 aromatic rings. The van der Waals surface area contributed by atoms with Crippen molar-refractivity contribution < 1.29 is 13.2 Å². The van der Waals surface area contributed by atoms with E-state index in [0.29, 0.717) is 5.56 Å². The molecule has 0 spiro atoms. The van der Waals surface area contributed by atoms with Gasteiger partial charge in [-0.25, -0.2) is 0 Å². The quantitative estimate of drug-likeness (QED) is 0.785. The molecule has 0 bridgehead atoms. The number of halogens is 3. The second-order valence-electron chi connectivity index (χ2n) is 3.58. The van der Waals surface area contributed by atoms with Gasteiger partial charge in [0.25, 0.3) is 0 Å². The normalized spacial score (nSPS) is 16.4. The maximum absolute atomic E-state index is 12.4. The van der Waals surface area contributed by atoms with Crippen molar-refractivity contribution in [3.8, 4) is 0 Å². The smallest absolute Gasteiger partial charge is 0.318 e. The molecule has 1 nitrogen and oxygen atoms in total. The molecule has 1 aromatic carbocycles. The van der Waals surface area contributed by atoms with Crippen LogP contribution in [0.4, 0.5) is 13.2 Å². The topological polar surface area (TPSA) is 26.0 Å². The van der Waals surface area contributed by atoms with Crippen molar-refractivity contribution in [3.05, 3.63) is 35.9 Å². The number of rotatable bonds is 2. The summed E-state index contributed by atoms with van der Waals surface area (Å²) in [6.45, 7) is 1.00. The Morgan fingerprint density at radius 2 is 1.64 bits per heavy atom. The molecule has 1 rings (SSSR count). The van der Waals surface area contributed by atoms with Crippen LogP contribution in [0.25, 0.3) is 0 Å². The van der Waals surface area contributed by atoms with E-state index in [0.717, 1.165) is 6.92 Å². The van der Waals surface area contributed by atoms with Crippen LogP contribution in [0.1, 0.15) is 12.5 Å². The van der Waals surface area contributed by atoms with E-state index in [4.69, 9.17) is 5.73 Å². The highest BCUT2D eigenvalue weighted by Gasteiger charge is 2.47. The Kier molecular flexibility index (Phi) is 2.85. The molecular weight excluding hydrogens is 191 g/mol. The minimum absolute atomic E-state index is 0.197. The monoisotopic (exact) mass is 203 g/mol. The molecule has 14 heavy (non-hydrogen) atoms. The van der Waals surface area contributed by atoms with E-state index in [9.17, 15) is 13.2 Å². The molecule has 0 amide bonds. The van der Waals surface area contributed by atoms with E-state index in [-0.39, 0.29) is 6.42 Å². The van der Waals surface area contributed by atoms with Crippen LogP contribution in [0.5, 0.6) is 0 Å². The van der Waals surface area contributed by atoms with Gasteiger partial charge in [-0.05, 0) is 18.9 Å². The SMILES string of the molecule is CC(N)(Cc1ccccc1)C(F)(F)F. The summed E-state index contributed by atoms with van der Waals surface area (Å²) in [4.78, 5) is 0. The van der Waals surface area contributed by atoms with Crippen molar-refractivity contribution in [1.82, 2.24) is 0 Å². The highest BCUT2D eigenvalue weighted by Crippen LogP contribution is 2.30. The number of nitrogens with two attached hydrogens (primary N) is 1. The molecule has 0 aromatic heterocycles. The van der Waals surface area contributed by atoms with Crippen LogP contribution in [-0.2, 0) is 6.42 Å². The molecule has 0 aliphatic rings. The predicted molar refractivity (Wildman–Crippen MR) is 48.8 cm³/mol. The molecule has 2 N–H and O–H groups in total. The summed E-state index contributed by atoms with van der Waals surface area (Å²) < 4.78 is 37.2. The third-order valence-corrected chi connectivity index (χ3v) is 2.06. The van der Waals surface area contributed by atoms with Crippen LogP contribution in [0.15, 0.2) is 30.3 Å². The Morgan fingerprint density at radius 3 is 2.07 bits per heavy atom. The molecule has 0 fully saturated rings. The third-order valence-electron chi connectivity index (χ3n) is 2.06. The second kappa shape index (κ2) is 3.61. The fourth-order valence-corrected chi connectivity index (χ4v) is 1.12. The lowest BCUT2D eigenvalue weighted by molar-refractivity contribution is -0.180. The van der Waals surface area contributed by atoms with Crippen molar-refractivity contribution >= 4 is 0 Å². The van der Waals surface area contributed by atoms with E-state index in [1.807, 2.05) is 0 Å². The first-order chi connectivity index (χ1) is 6.33. The van der Waals surface area contributed by atoms with Gasteiger partial charge in [0.15, 0.2) is 0 Å². The highest BCUT2D eigenvalue weighted by atomic mass is 19.4. The fourth-order valence-electron chi connectivity index (χ4n) is 1.12. The third kappa shape index (κ3) is 2.48. The van der Waals surface area contributed by atoms with Gasteiger partial charge in [-0.3, -0.25) is 0 Å². The molecule has 1 unspecified atom stereocenters. The summed E-state index contributed by atoms with van der Waals surface area (Å²) in [5, 5.41) is 0. The first-order valence-corrected chi connectivity index (χ1v) is 4.22. The summed E-state index contributed by atoms with van der Waals surface area (Å²) in [7, 11) is 0. The standard InChI is InChI=1S/C10H12F3N/c1-9(14,10(11,12)13)7-8-5-3-2-4-6-8/h2-6H,7,14H2,1H3. The lowest BCUT2D eigenvalue weighted by atomic mass is 9.93. The van der Waals surface area contributed by atoms with Crippen LogP contribution in [0.3, 0.4) is 0 Å². The van der Waals surface area contributed by atoms with Crippen molar-refractivity contribution in [3.63, 3.8) is 0 Å². The Morgan fingerprint density at radius 1 is 1.14 bits per heavy atom. The Hall–Kier alpha value is -1.03. The van der Waals surface area contributed by atoms with Gasteiger partial charge >= 0.3 is 6.18 Å². The minimum Gasteiger partial charge on any atom is -0.318 e. The van der Waals surface area contributed by atoms with Crippen LogP contribution in [0, 0.1) is 0 Å². The number of hydrogen-bond donors (Lipinski definition) is 1. The number of benzene rings is 1. The van der Waals surface area contributed by atoms with Crippen LogP contribution in [0.2, 0.25) is 0 Å². The van der Waals surface area contributed by atoms with E-state index in [1.165, 1.54) is 0 Å². The van der Waals surface area contributed by atoms with Gasteiger partial charge in [0, 0.05) is 0 Å². The van der Waals surface area contributed by atoms with Crippen molar-refractivity contribution in [2.45, 2.75) is 25.1 Å². The first kappa shape index (κ1) is 11.0. The molecule has 0 aliphatic heterocycles. The van der Waals surface area contributed by atoms with Gasteiger partial charge in [-0.2, -0.15) is 13.2 Å². The number of alkyl halides is 3. The molecule has 1 atom stereocenters. The zero-order valence-electron chi connectivity index (χ0n) is 7.81. The molecule has 0 radical (unpaired) electrons. The van der Waals surface area contributed by atoms with Crippen molar-refractivity contribution in [2.24, 2.45) is 5.73 Å². The van der Waals surface area contributed by atoms with Crippen LogP contribution >= 0.6 is 0 Å². The molecule has 0 heterocycles. The van der Waals surface area contributed by atoms with Gasteiger partial charge in [-0.1, -0.05) is 30.3 Å². The molecule has 0 saturated heterocycles. The fraction of sp³-hybridized carbons (Fsp3) is 0.400. The summed E-state index contributed by atoms with van der Waals surface area (Å²) in [6, 6.07) is 8.42. The lowest BCUT2D eigenvalue weighted by Crippen LogP contribution is -2.52. The summed E-state index contributed by atoms with van der Waals surface area (Å²) >= 11 is 0. The maximum Gasteiger partial charge on any atom is 0.406 e. The van der Waals surface area contributed by atoms with E-state index in [2.05, 4.69) is 0 Å². The van der Waals surface area contributed by atoms with Gasteiger partial charge in [0.05, 0.1) is 0 Å². The van der Waals surface area contributed by atoms with E-state index < -0.39 is 11.7 Å². The van der Waals surface area contributed by atoms with Crippen molar-refractivity contribution in [1.29, 1.82) is 0 Å². The minimum atomic E-state index is -4.37. The molecular formula is C10H12F3N. The van der Waals surface area contributed by atoms with Crippen LogP contribution in [-0.4, -0.2) is 11.7 Å². The lowest BCUT2D eigenvalue weighted by Gasteiger charge is -2.27. The Bertz CT molecular complexity index is 290. The molecule has 0 saturated carbocycles. The largest absolute Gasteiger partial charge is 0.406 e. The summed E-state index contributed by atoms with van der Waals surface area (Å²) in [5.41, 5.74) is 3.63. The van der Waals surface area contributed by atoms with Gasteiger partial charge in [0.1, 0.15) is 5.54 Å². The van der Waals surface area contributed by atoms with Crippen LogP contribution < -0.4 is 5.73 Å². The second-order valence-corrected chi connectivity index (χ2v) is 3.58. The molecule has 0 aliphatic carbocycles. The van der Waals surface area contributed by atoms with Crippen molar-refractivity contribution in [2.75, 3.05) is 0 Å². The van der Waals surface area contributed by atoms with Gasteiger partial charge in [-0.15, -0.1) is 0 Å². The summed E-state index contributed by atoms with van der Waals surface area (Å²) in [6.07, 6.45) is -4.57. The first-order valence-electron chi connectivity index (χ1n) is 4.22. The molecule has 78 valence electrons. The Labute approximate surface area is 80.7 Å². The predicted octanol–water partition coefficient (Wildman–Crippen LogP) is 2.51. The summed E-state index contributed by atoms with van der Waals surface area (Å²) in [5.74, 6) is 0. The average Bonchev–Trinajstić information content (AvgIpc) is 2.03. The highest BCUT2D eigenvalue weighted by molar-refractivity contribution is 5.18. The Balaban J connectivity index is 2.79. The number of hydrogen-bond acceptors (Lipinski definition) is 1. The molecule has 4 heteroatoms. The maximum atomic E-state index is 12.4. The van der Waals surface area contributed by atoms with Gasteiger partial charge < -0.3 is 5.73 Å². The zero-order valence-corrected chi connectivity index (χ0v) is 7.81. The van der Waals surface area contributed by atoms with E-state index >= 15 is 0 Å². The van der Waals surface area contributed by atoms with Gasteiger partial charge in [0.2, 0.25) is 0 Å². The average molecular weight is 203 g/mol.